The molecule has 92 valence electrons. The normalized spacial score (nSPS) is 10.0. The van der Waals surface area contributed by atoms with Gasteiger partial charge in [0, 0.05) is 23.4 Å². The van der Waals surface area contributed by atoms with E-state index >= 15 is 0 Å². The van der Waals surface area contributed by atoms with Crippen molar-refractivity contribution >= 4 is 17.4 Å². The summed E-state index contributed by atoms with van der Waals surface area (Å²) < 4.78 is 17.6. The standard InChI is InChI=1S/C12H15FN2O2/c1-2-17-12(16)6-5-10(14)9-4-3-8(13)7-11(9)15/h3-4,7,14H,2,5-6,15H2,1H3. The number of hydrogen-bond donors (Lipinski definition) is 2. The number of esters is 1. The molecule has 5 heteroatoms. The molecule has 0 saturated carbocycles. The molecule has 0 aliphatic heterocycles. The van der Waals surface area contributed by atoms with Crippen LogP contribution in [0.2, 0.25) is 0 Å². The second-order valence-corrected chi connectivity index (χ2v) is 3.52. The lowest BCUT2D eigenvalue weighted by molar-refractivity contribution is -0.142. The van der Waals surface area contributed by atoms with Gasteiger partial charge in [-0.1, -0.05) is 0 Å². The molecule has 0 unspecified atom stereocenters. The molecule has 0 aromatic heterocycles. The zero-order valence-corrected chi connectivity index (χ0v) is 9.63. The van der Waals surface area contributed by atoms with Gasteiger partial charge in [0.2, 0.25) is 0 Å². The minimum Gasteiger partial charge on any atom is -0.466 e. The fourth-order valence-electron chi connectivity index (χ4n) is 1.40. The van der Waals surface area contributed by atoms with Gasteiger partial charge >= 0.3 is 5.97 Å². The number of carbonyl (C=O) groups excluding carboxylic acids is 1. The van der Waals surface area contributed by atoms with E-state index in [-0.39, 0.29) is 30.2 Å². The maximum absolute atomic E-state index is 12.8. The van der Waals surface area contributed by atoms with E-state index in [0.29, 0.717) is 12.2 Å². The first-order chi connectivity index (χ1) is 8.04. The molecule has 0 amide bonds. The Bertz CT molecular complexity index is 433. The van der Waals surface area contributed by atoms with Crippen molar-refractivity contribution in [3.8, 4) is 0 Å². The molecule has 17 heavy (non-hydrogen) atoms. The maximum atomic E-state index is 12.8. The van der Waals surface area contributed by atoms with E-state index in [9.17, 15) is 9.18 Å². The number of nitrogen functional groups attached to an aromatic ring is 1. The van der Waals surface area contributed by atoms with Crippen molar-refractivity contribution in [1.29, 1.82) is 5.41 Å². The lowest BCUT2D eigenvalue weighted by atomic mass is 10.0. The van der Waals surface area contributed by atoms with Crippen LogP contribution in [0.3, 0.4) is 0 Å². The van der Waals surface area contributed by atoms with Crippen molar-refractivity contribution in [2.75, 3.05) is 12.3 Å². The van der Waals surface area contributed by atoms with Gasteiger partial charge in [0.25, 0.3) is 0 Å². The van der Waals surface area contributed by atoms with Crippen LogP contribution in [0.15, 0.2) is 18.2 Å². The molecule has 1 aromatic carbocycles. The number of hydrogen-bond acceptors (Lipinski definition) is 4. The minimum absolute atomic E-state index is 0.128. The average molecular weight is 238 g/mol. The molecule has 0 saturated heterocycles. The summed E-state index contributed by atoms with van der Waals surface area (Å²) in [6.07, 6.45) is 0.359. The van der Waals surface area contributed by atoms with Gasteiger partial charge in [-0.05, 0) is 25.1 Å². The van der Waals surface area contributed by atoms with Crippen LogP contribution < -0.4 is 5.73 Å². The van der Waals surface area contributed by atoms with Gasteiger partial charge in [-0.15, -0.1) is 0 Å². The van der Waals surface area contributed by atoms with Gasteiger partial charge in [0.05, 0.1) is 13.0 Å². The van der Waals surface area contributed by atoms with Gasteiger partial charge in [0.15, 0.2) is 0 Å². The van der Waals surface area contributed by atoms with Gasteiger partial charge in [0.1, 0.15) is 5.82 Å². The fraction of sp³-hybridized carbons (Fsp3) is 0.333. The minimum atomic E-state index is -0.440. The van der Waals surface area contributed by atoms with Gasteiger partial charge in [-0.3, -0.25) is 4.79 Å². The molecule has 1 rings (SSSR count). The first kappa shape index (κ1) is 13.2. The Morgan fingerprint density at radius 2 is 2.18 bits per heavy atom. The molecule has 0 bridgehead atoms. The van der Waals surface area contributed by atoms with Crippen molar-refractivity contribution in [3.63, 3.8) is 0 Å². The van der Waals surface area contributed by atoms with E-state index in [4.69, 9.17) is 15.9 Å². The summed E-state index contributed by atoms with van der Waals surface area (Å²) >= 11 is 0. The molecule has 3 N–H and O–H groups in total. The Morgan fingerprint density at radius 3 is 2.76 bits per heavy atom. The molecule has 0 spiro atoms. The van der Waals surface area contributed by atoms with E-state index in [1.807, 2.05) is 0 Å². The number of ether oxygens (including phenoxy) is 1. The molecule has 4 nitrogen and oxygen atoms in total. The predicted molar refractivity (Wildman–Crippen MR) is 63.5 cm³/mol. The number of nitrogens with two attached hydrogens (primary N) is 1. The SMILES string of the molecule is CCOC(=O)CCC(=N)c1ccc(F)cc1N. The second-order valence-electron chi connectivity index (χ2n) is 3.52. The zero-order chi connectivity index (χ0) is 12.8. The molecular formula is C12H15FN2O2. The number of benzene rings is 1. The molecule has 0 fully saturated rings. The van der Waals surface area contributed by atoms with Crippen LogP contribution in [0.1, 0.15) is 25.3 Å². The lowest BCUT2D eigenvalue weighted by Gasteiger charge is -2.07. The van der Waals surface area contributed by atoms with Crippen molar-refractivity contribution in [2.24, 2.45) is 0 Å². The lowest BCUT2D eigenvalue weighted by Crippen LogP contribution is -2.09. The number of carbonyl (C=O) groups is 1. The van der Waals surface area contributed by atoms with Crippen LogP contribution in [0.25, 0.3) is 0 Å². The van der Waals surface area contributed by atoms with E-state index < -0.39 is 5.82 Å². The fourth-order valence-corrected chi connectivity index (χ4v) is 1.40. The zero-order valence-electron chi connectivity index (χ0n) is 9.63. The molecule has 1 aromatic rings. The highest BCUT2D eigenvalue weighted by atomic mass is 19.1. The van der Waals surface area contributed by atoms with E-state index in [1.54, 1.807) is 6.92 Å². The Balaban J connectivity index is 2.61. The first-order valence-electron chi connectivity index (χ1n) is 5.33. The highest BCUT2D eigenvalue weighted by molar-refractivity contribution is 6.03. The summed E-state index contributed by atoms with van der Waals surface area (Å²) in [6.45, 7) is 2.05. The van der Waals surface area contributed by atoms with Gasteiger partial charge in [-0.25, -0.2) is 4.39 Å². The Morgan fingerprint density at radius 1 is 1.47 bits per heavy atom. The molecular weight excluding hydrogens is 223 g/mol. The van der Waals surface area contributed by atoms with Crippen molar-refractivity contribution in [1.82, 2.24) is 0 Å². The van der Waals surface area contributed by atoms with Crippen LogP contribution in [0.4, 0.5) is 10.1 Å². The Kier molecular flexibility index (Phi) is 4.63. The van der Waals surface area contributed by atoms with Crippen molar-refractivity contribution < 1.29 is 13.9 Å². The van der Waals surface area contributed by atoms with Crippen LogP contribution in [-0.2, 0) is 9.53 Å². The van der Waals surface area contributed by atoms with Gasteiger partial charge < -0.3 is 15.9 Å². The molecule has 0 heterocycles. The van der Waals surface area contributed by atoms with E-state index in [2.05, 4.69) is 0 Å². The third-order valence-corrected chi connectivity index (χ3v) is 2.22. The third-order valence-electron chi connectivity index (χ3n) is 2.22. The Hall–Kier alpha value is -1.91. The smallest absolute Gasteiger partial charge is 0.306 e. The molecule has 0 aliphatic rings. The summed E-state index contributed by atoms with van der Waals surface area (Å²) in [5.74, 6) is -0.789. The largest absolute Gasteiger partial charge is 0.466 e. The maximum Gasteiger partial charge on any atom is 0.306 e. The average Bonchev–Trinajstić information content (AvgIpc) is 2.26. The quantitative estimate of drug-likeness (QED) is 0.468. The highest BCUT2D eigenvalue weighted by Crippen LogP contribution is 2.16. The summed E-state index contributed by atoms with van der Waals surface area (Å²) in [4.78, 5) is 11.1. The Labute approximate surface area is 99.1 Å². The summed E-state index contributed by atoms with van der Waals surface area (Å²) in [5, 5.41) is 7.76. The second kappa shape index (κ2) is 5.98. The topological polar surface area (TPSA) is 76.2 Å². The summed E-state index contributed by atoms with van der Waals surface area (Å²) in [7, 11) is 0. The number of nitrogens with one attached hydrogen (secondary N) is 1. The summed E-state index contributed by atoms with van der Waals surface area (Å²) in [5.41, 5.74) is 6.46. The van der Waals surface area contributed by atoms with Crippen LogP contribution in [-0.4, -0.2) is 18.3 Å². The van der Waals surface area contributed by atoms with Crippen molar-refractivity contribution in [2.45, 2.75) is 19.8 Å². The van der Waals surface area contributed by atoms with Crippen LogP contribution in [0, 0.1) is 11.2 Å². The summed E-state index contributed by atoms with van der Waals surface area (Å²) in [6, 6.07) is 3.84. The third kappa shape index (κ3) is 3.86. The number of halogens is 1. The van der Waals surface area contributed by atoms with Crippen LogP contribution in [0.5, 0.6) is 0 Å². The van der Waals surface area contributed by atoms with Gasteiger partial charge in [-0.2, -0.15) is 0 Å². The monoisotopic (exact) mass is 238 g/mol. The van der Waals surface area contributed by atoms with Crippen molar-refractivity contribution in [3.05, 3.63) is 29.6 Å². The molecule has 0 radical (unpaired) electrons. The molecule has 0 aliphatic carbocycles. The number of anilines is 1. The molecule has 0 atom stereocenters. The predicted octanol–water partition coefficient (Wildman–Crippen LogP) is 2.12. The van der Waals surface area contributed by atoms with Crippen LogP contribution >= 0.6 is 0 Å². The van der Waals surface area contributed by atoms with E-state index in [0.717, 1.165) is 6.07 Å². The number of rotatable bonds is 5. The van der Waals surface area contributed by atoms with E-state index in [1.165, 1.54) is 12.1 Å². The first-order valence-corrected chi connectivity index (χ1v) is 5.33. The highest BCUT2D eigenvalue weighted by Gasteiger charge is 2.09.